The molecular weight excluding hydrogens is 232 g/mol. The van der Waals surface area contributed by atoms with Gasteiger partial charge in [0.15, 0.2) is 0 Å². The average Bonchev–Trinajstić information content (AvgIpc) is 2.76. The molecule has 0 fully saturated rings. The van der Waals surface area contributed by atoms with Crippen molar-refractivity contribution in [3.8, 4) is 0 Å². The van der Waals surface area contributed by atoms with Crippen LogP contribution in [-0.2, 0) is 11.2 Å². The van der Waals surface area contributed by atoms with E-state index in [9.17, 15) is 4.79 Å². The van der Waals surface area contributed by atoms with Gasteiger partial charge in [-0.1, -0.05) is 6.07 Å². The normalized spacial score (nSPS) is 11.2. The molecule has 0 radical (unpaired) electrons. The number of thioether (sulfide) groups is 1. The maximum absolute atomic E-state index is 10.8. The van der Waals surface area contributed by atoms with Crippen molar-refractivity contribution < 1.29 is 9.53 Å². The van der Waals surface area contributed by atoms with E-state index < -0.39 is 6.09 Å². The summed E-state index contributed by atoms with van der Waals surface area (Å²) >= 11 is 3.18. The number of nitrogens with zero attached hydrogens (tertiary/aromatic N) is 1. The Morgan fingerprint density at radius 1 is 1.73 bits per heavy atom. The van der Waals surface area contributed by atoms with E-state index in [1.807, 2.05) is 23.8 Å². The molecule has 6 heteroatoms. The fourth-order valence-electron chi connectivity index (χ4n) is 0.873. The summed E-state index contributed by atoms with van der Waals surface area (Å²) in [7, 11) is 1.31. The van der Waals surface area contributed by atoms with Gasteiger partial charge in [0.25, 0.3) is 0 Å². The van der Waals surface area contributed by atoms with Crippen LogP contribution in [0.15, 0.2) is 22.6 Å². The molecule has 1 heterocycles. The highest BCUT2D eigenvalue weighted by molar-refractivity contribution is 8.13. The summed E-state index contributed by atoms with van der Waals surface area (Å²) < 4.78 is 4.42. The first-order chi connectivity index (χ1) is 7.26. The van der Waals surface area contributed by atoms with Gasteiger partial charge >= 0.3 is 6.09 Å². The van der Waals surface area contributed by atoms with E-state index in [1.54, 1.807) is 11.3 Å². The van der Waals surface area contributed by atoms with Gasteiger partial charge in [-0.15, -0.1) is 23.1 Å². The summed E-state index contributed by atoms with van der Waals surface area (Å²) in [6.07, 6.45) is 2.11. The van der Waals surface area contributed by atoms with Crippen molar-refractivity contribution in [3.05, 3.63) is 22.4 Å². The van der Waals surface area contributed by atoms with Crippen molar-refractivity contribution in [2.24, 2.45) is 5.10 Å². The number of ether oxygens (including phenoxy) is 1. The summed E-state index contributed by atoms with van der Waals surface area (Å²) in [5, 5.41) is 6.81. The number of hydrogen-bond donors (Lipinski definition) is 1. The molecule has 0 atom stereocenters. The monoisotopic (exact) mass is 244 g/mol. The number of nitrogens with one attached hydrogen (secondary N) is 1. The number of carbonyl (C=O) groups excluding carboxylic acids is 1. The smallest absolute Gasteiger partial charge is 0.427 e. The lowest BCUT2D eigenvalue weighted by molar-refractivity contribution is 0.171. The van der Waals surface area contributed by atoms with Crippen molar-refractivity contribution in [1.29, 1.82) is 0 Å². The molecule has 0 aromatic carbocycles. The van der Waals surface area contributed by atoms with Crippen molar-refractivity contribution in [1.82, 2.24) is 5.43 Å². The average molecular weight is 244 g/mol. The lowest BCUT2D eigenvalue weighted by atomic mass is 10.4. The second-order valence-electron chi connectivity index (χ2n) is 2.57. The van der Waals surface area contributed by atoms with Crippen LogP contribution in [0.2, 0.25) is 0 Å². The Balaban J connectivity index is 2.52. The van der Waals surface area contributed by atoms with Gasteiger partial charge in [0, 0.05) is 11.3 Å². The van der Waals surface area contributed by atoms with Crippen molar-refractivity contribution >= 4 is 34.2 Å². The summed E-state index contributed by atoms with van der Waals surface area (Å²) in [4.78, 5) is 12.0. The van der Waals surface area contributed by atoms with Gasteiger partial charge in [-0.25, -0.2) is 10.2 Å². The summed E-state index contributed by atoms with van der Waals surface area (Å²) in [6.45, 7) is 0. The fourth-order valence-corrected chi connectivity index (χ4v) is 2.11. The van der Waals surface area contributed by atoms with Gasteiger partial charge in [-0.3, -0.25) is 0 Å². The molecule has 0 bridgehead atoms. The molecule has 1 aromatic rings. The standard InChI is InChI=1S/C9H12N2O2S2/c1-13-9(12)11-10-8(14-2)6-7-4-3-5-15-7/h3-5H,6H2,1-2H3,(H,11,12). The molecule has 1 rings (SSSR count). The highest BCUT2D eigenvalue weighted by Crippen LogP contribution is 2.13. The second-order valence-corrected chi connectivity index (χ2v) is 4.48. The van der Waals surface area contributed by atoms with Gasteiger partial charge < -0.3 is 4.74 Å². The molecule has 4 nitrogen and oxygen atoms in total. The Hall–Kier alpha value is -1.01. The third kappa shape index (κ3) is 4.35. The second kappa shape index (κ2) is 6.47. The molecule has 1 aromatic heterocycles. The van der Waals surface area contributed by atoms with E-state index in [4.69, 9.17) is 0 Å². The zero-order valence-corrected chi connectivity index (χ0v) is 10.2. The molecule has 15 heavy (non-hydrogen) atoms. The zero-order chi connectivity index (χ0) is 11.1. The molecule has 0 unspecified atom stereocenters. The molecule has 0 aliphatic carbocycles. The minimum Gasteiger partial charge on any atom is -0.452 e. The van der Waals surface area contributed by atoms with E-state index in [0.717, 1.165) is 11.5 Å². The highest BCUT2D eigenvalue weighted by Gasteiger charge is 2.02. The van der Waals surface area contributed by atoms with Crippen LogP contribution in [0, 0.1) is 0 Å². The number of rotatable bonds is 3. The van der Waals surface area contributed by atoms with Gasteiger partial charge in [0.2, 0.25) is 0 Å². The number of thiophene rings is 1. The molecule has 1 amide bonds. The van der Waals surface area contributed by atoms with Crippen LogP contribution < -0.4 is 5.43 Å². The van der Waals surface area contributed by atoms with E-state index in [2.05, 4.69) is 15.3 Å². The van der Waals surface area contributed by atoms with Gasteiger partial charge in [-0.05, 0) is 17.7 Å². The molecule has 0 saturated carbocycles. The molecule has 82 valence electrons. The molecule has 0 spiro atoms. The number of hydrogen-bond acceptors (Lipinski definition) is 5. The van der Waals surface area contributed by atoms with E-state index >= 15 is 0 Å². The topological polar surface area (TPSA) is 50.7 Å². The Bertz CT molecular complexity index is 336. The Kier molecular flexibility index (Phi) is 5.20. The number of methoxy groups -OCH3 is 1. The van der Waals surface area contributed by atoms with Crippen molar-refractivity contribution in [2.45, 2.75) is 6.42 Å². The third-order valence-corrected chi connectivity index (χ3v) is 3.18. The van der Waals surface area contributed by atoms with E-state index in [1.165, 1.54) is 23.7 Å². The Morgan fingerprint density at radius 3 is 3.07 bits per heavy atom. The van der Waals surface area contributed by atoms with E-state index in [0.29, 0.717) is 0 Å². The summed E-state index contributed by atoms with van der Waals surface area (Å²) in [6, 6.07) is 4.03. The van der Waals surface area contributed by atoms with Gasteiger partial charge in [-0.2, -0.15) is 5.10 Å². The van der Waals surface area contributed by atoms with Crippen LogP contribution in [-0.4, -0.2) is 24.5 Å². The van der Waals surface area contributed by atoms with Crippen LogP contribution in [0.3, 0.4) is 0 Å². The van der Waals surface area contributed by atoms with Crippen LogP contribution >= 0.6 is 23.1 Å². The molecule has 1 N–H and O–H groups in total. The van der Waals surface area contributed by atoms with Crippen LogP contribution in [0.1, 0.15) is 4.88 Å². The molecule has 0 aliphatic rings. The first kappa shape index (κ1) is 12.1. The SMILES string of the molecule is COC(=O)NN=C(Cc1cccs1)SC. The minimum absolute atomic E-state index is 0.548. The zero-order valence-electron chi connectivity index (χ0n) is 8.52. The lowest BCUT2D eigenvalue weighted by Gasteiger charge is -2.01. The highest BCUT2D eigenvalue weighted by atomic mass is 32.2. The fraction of sp³-hybridized carbons (Fsp3) is 0.333. The van der Waals surface area contributed by atoms with Crippen LogP contribution in [0.4, 0.5) is 4.79 Å². The van der Waals surface area contributed by atoms with Crippen LogP contribution in [0.5, 0.6) is 0 Å². The predicted octanol–water partition coefficient (Wildman–Crippen LogP) is 2.32. The Morgan fingerprint density at radius 2 is 2.53 bits per heavy atom. The summed E-state index contributed by atoms with van der Waals surface area (Å²) in [5.41, 5.74) is 2.31. The maximum atomic E-state index is 10.8. The number of carbonyl (C=O) groups is 1. The van der Waals surface area contributed by atoms with Crippen molar-refractivity contribution in [2.75, 3.05) is 13.4 Å². The van der Waals surface area contributed by atoms with Gasteiger partial charge in [0.05, 0.1) is 12.2 Å². The molecule has 0 saturated heterocycles. The molecular formula is C9H12N2O2S2. The third-order valence-electron chi connectivity index (χ3n) is 1.60. The van der Waals surface area contributed by atoms with Crippen molar-refractivity contribution in [3.63, 3.8) is 0 Å². The first-order valence-corrected chi connectivity index (χ1v) is 6.33. The first-order valence-electron chi connectivity index (χ1n) is 4.23. The Labute approximate surface area is 96.7 Å². The number of hydrazone groups is 1. The summed E-state index contributed by atoms with van der Waals surface area (Å²) in [5.74, 6) is 0. The quantitative estimate of drug-likeness (QED) is 0.504. The largest absolute Gasteiger partial charge is 0.452 e. The van der Waals surface area contributed by atoms with Gasteiger partial charge in [0.1, 0.15) is 0 Å². The van der Waals surface area contributed by atoms with Crippen LogP contribution in [0.25, 0.3) is 0 Å². The lowest BCUT2D eigenvalue weighted by Crippen LogP contribution is -2.18. The minimum atomic E-state index is -0.548. The maximum Gasteiger partial charge on any atom is 0.427 e. The molecule has 0 aliphatic heterocycles. The predicted molar refractivity (Wildman–Crippen MR) is 64.5 cm³/mol. The van der Waals surface area contributed by atoms with E-state index in [-0.39, 0.29) is 0 Å². The number of amides is 1.